The van der Waals surface area contributed by atoms with Crippen LogP contribution in [0.15, 0.2) is 30.5 Å². The van der Waals surface area contributed by atoms with Crippen molar-refractivity contribution in [3.63, 3.8) is 0 Å². The third kappa shape index (κ3) is 2.51. The molecule has 0 aliphatic rings. The number of hydrogen-bond donors (Lipinski definition) is 1. The monoisotopic (exact) mass is 294 g/mol. The summed E-state index contributed by atoms with van der Waals surface area (Å²) in [5.74, 6) is 0.750. The first-order valence-electron chi connectivity index (χ1n) is 5.92. The summed E-state index contributed by atoms with van der Waals surface area (Å²) >= 11 is 0. The molecule has 3 heterocycles. The Morgan fingerprint density at radius 2 is 1.90 bits per heavy atom. The number of methoxy groups -OCH3 is 1. The fourth-order valence-electron chi connectivity index (χ4n) is 1.81. The maximum Gasteiger partial charge on any atom is 0.417 e. The van der Waals surface area contributed by atoms with Crippen LogP contribution in [-0.4, -0.2) is 27.0 Å². The molecule has 8 heteroatoms. The normalized spacial score (nSPS) is 11.8. The van der Waals surface area contributed by atoms with Crippen LogP contribution in [0.3, 0.4) is 0 Å². The standard InChI is InChI=1S/C13H9F3N4O/c1-21-10-5-4-9-12(19-10)20-11(18-9)8-3-2-7(6-17-8)13(14,15)16/h2-6H,1H3,(H,18,19,20). The van der Waals surface area contributed by atoms with Crippen LogP contribution in [-0.2, 0) is 6.18 Å². The van der Waals surface area contributed by atoms with Crippen molar-refractivity contribution in [3.05, 3.63) is 36.0 Å². The number of rotatable bonds is 2. The molecule has 0 saturated heterocycles. The second kappa shape index (κ2) is 4.72. The molecule has 3 rings (SSSR count). The van der Waals surface area contributed by atoms with E-state index in [-0.39, 0.29) is 0 Å². The lowest BCUT2D eigenvalue weighted by Crippen LogP contribution is -2.05. The third-order valence-electron chi connectivity index (χ3n) is 2.86. The number of imidazole rings is 1. The van der Waals surface area contributed by atoms with E-state index in [1.165, 1.54) is 13.2 Å². The van der Waals surface area contributed by atoms with Gasteiger partial charge in [0, 0.05) is 12.3 Å². The van der Waals surface area contributed by atoms with E-state index in [9.17, 15) is 13.2 Å². The van der Waals surface area contributed by atoms with E-state index >= 15 is 0 Å². The van der Waals surface area contributed by atoms with Crippen LogP contribution in [0.25, 0.3) is 22.7 Å². The average Bonchev–Trinajstić information content (AvgIpc) is 2.89. The van der Waals surface area contributed by atoms with Gasteiger partial charge in [0.2, 0.25) is 5.88 Å². The first-order valence-corrected chi connectivity index (χ1v) is 5.92. The van der Waals surface area contributed by atoms with Gasteiger partial charge < -0.3 is 9.72 Å². The zero-order valence-electron chi connectivity index (χ0n) is 10.8. The summed E-state index contributed by atoms with van der Waals surface area (Å²) in [5, 5.41) is 0. The summed E-state index contributed by atoms with van der Waals surface area (Å²) in [7, 11) is 1.49. The van der Waals surface area contributed by atoms with E-state index in [1.807, 2.05) is 0 Å². The van der Waals surface area contributed by atoms with Gasteiger partial charge in [-0.25, -0.2) is 4.98 Å². The molecule has 3 aromatic rings. The third-order valence-corrected chi connectivity index (χ3v) is 2.86. The van der Waals surface area contributed by atoms with E-state index in [0.717, 1.165) is 12.3 Å². The molecule has 0 bridgehead atoms. The Morgan fingerprint density at radius 3 is 2.52 bits per heavy atom. The lowest BCUT2D eigenvalue weighted by atomic mass is 10.2. The number of hydrogen-bond acceptors (Lipinski definition) is 4. The Balaban J connectivity index is 2.00. The van der Waals surface area contributed by atoms with Crippen molar-refractivity contribution in [1.82, 2.24) is 19.9 Å². The number of nitrogens with one attached hydrogen (secondary N) is 1. The van der Waals surface area contributed by atoms with Crippen LogP contribution in [0.2, 0.25) is 0 Å². The summed E-state index contributed by atoms with van der Waals surface area (Å²) in [6.07, 6.45) is -3.63. The number of halogens is 3. The van der Waals surface area contributed by atoms with Crippen LogP contribution in [0.5, 0.6) is 5.88 Å². The molecule has 0 aliphatic carbocycles. The number of ether oxygens (including phenoxy) is 1. The van der Waals surface area contributed by atoms with Gasteiger partial charge in [-0.05, 0) is 18.2 Å². The highest BCUT2D eigenvalue weighted by atomic mass is 19.4. The highest BCUT2D eigenvalue weighted by Crippen LogP contribution is 2.29. The molecule has 3 aromatic heterocycles. The van der Waals surface area contributed by atoms with Crippen molar-refractivity contribution >= 4 is 11.2 Å². The highest BCUT2D eigenvalue weighted by Gasteiger charge is 2.30. The lowest BCUT2D eigenvalue weighted by Gasteiger charge is -2.05. The predicted octanol–water partition coefficient (Wildman–Crippen LogP) is 3.05. The van der Waals surface area contributed by atoms with Gasteiger partial charge >= 0.3 is 6.18 Å². The summed E-state index contributed by atoms with van der Waals surface area (Å²) < 4.78 is 42.4. The van der Waals surface area contributed by atoms with Gasteiger partial charge in [0.15, 0.2) is 11.5 Å². The van der Waals surface area contributed by atoms with Gasteiger partial charge in [-0.2, -0.15) is 18.2 Å². The number of aromatic nitrogens is 4. The van der Waals surface area contributed by atoms with E-state index in [2.05, 4.69) is 19.9 Å². The molecular formula is C13H9F3N4O. The van der Waals surface area contributed by atoms with Gasteiger partial charge in [0.1, 0.15) is 5.69 Å². The van der Waals surface area contributed by atoms with Gasteiger partial charge in [-0.3, -0.25) is 4.98 Å². The first-order chi connectivity index (χ1) is 9.97. The van der Waals surface area contributed by atoms with E-state index < -0.39 is 11.7 Å². The highest BCUT2D eigenvalue weighted by molar-refractivity contribution is 5.75. The van der Waals surface area contributed by atoms with E-state index in [1.54, 1.807) is 12.1 Å². The number of fused-ring (bicyclic) bond motifs is 1. The molecule has 0 amide bonds. The maximum absolute atomic E-state index is 12.5. The largest absolute Gasteiger partial charge is 0.481 e. The number of pyridine rings is 2. The van der Waals surface area contributed by atoms with E-state index in [4.69, 9.17) is 4.74 Å². The molecule has 0 atom stereocenters. The average molecular weight is 294 g/mol. The van der Waals surface area contributed by atoms with Crippen LogP contribution in [0, 0.1) is 0 Å². The quantitative estimate of drug-likeness (QED) is 0.789. The first kappa shape index (κ1) is 13.3. The predicted molar refractivity (Wildman–Crippen MR) is 68.7 cm³/mol. The Kier molecular flexibility index (Phi) is 3.00. The Morgan fingerprint density at radius 1 is 1.10 bits per heavy atom. The molecule has 0 radical (unpaired) electrons. The second-order valence-electron chi connectivity index (χ2n) is 4.24. The SMILES string of the molecule is COc1ccc2[nH]c(-c3ccc(C(F)(F)F)cn3)nc2n1. The second-order valence-corrected chi connectivity index (χ2v) is 4.24. The molecule has 21 heavy (non-hydrogen) atoms. The minimum absolute atomic E-state index is 0.306. The molecule has 5 nitrogen and oxygen atoms in total. The molecule has 1 N–H and O–H groups in total. The smallest absolute Gasteiger partial charge is 0.417 e. The number of H-pyrrole nitrogens is 1. The van der Waals surface area contributed by atoms with Crippen LogP contribution in [0.4, 0.5) is 13.2 Å². The van der Waals surface area contributed by atoms with Crippen molar-refractivity contribution in [2.75, 3.05) is 7.11 Å². The Hall–Kier alpha value is -2.64. The maximum atomic E-state index is 12.5. The molecule has 0 aromatic carbocycles. The van der Waals surface area contributed by atoms with E-state index in [0.29, 0.717) is 28.6 Å². The van der Waals surface area contributed by atoms with Crippen molar-refractivity contribution in [2.24, 2.45) is 0 Å². The zero-order valence-corrected chi connectivity index (χ0v) is 10.8. The summed E-state index contributed by atoms with van der Waals surface area (Å²) in [5.41, 5.74) is 0.556. The van der Waals surface area contributed by atoms with Crippen molar-refractivity contribution in [3.8, 4) is 17.4 Å². The topological polar surface area (TPSA) is 63.7 Å². The summed E-state index contributed by atoms with van der Waals surface area (Å²) in [6.45, 7) is 0. The van der Waals surface area contributed by atoms with Crippen LogP contribution >= 0.6 is 0 Å². The number of nitrogens with zero attached hydrogens (tertiary/aromatic N) is 3. The van der Waals surface area contributed by atoms with Gasteiger partial charge in [-0.15, -0.1) is 0 Å². The van der Waals surface area contributed by atoms with Crippen LogP contribution in [0.1, 0.15) is 5.56 Å². The number of aromatic amines is 1. The summed E-state index contributed by atoms with van der Waals surface area (Å²) in [4.78, 5) is 15.0. The Bertz CT molecular complexity index is 780. The molecule has 0 unspecified atom stereocenters. The minimum atomic E-state index is -4.41. The molecule has 0 fully saturated rings. The fourth-order valence-corrected chi connectivity index (χ4v) is 1.81. The molecule has 0 aliphatic heterocycles. The molecular weight excluding hydrogens is 285 g/mol. The Labute approximate surface area is 116 Å². The number of alkyl halides is 3. The molecule has 0 saturated carbocycles. The van der Waals surface area contributed by atoms with Crippen molar-refractivity contribution in [2.45, 2.75) is 6.18 Å². The molecule has 108 valence electrons. The van der Waals surface area contributed by atoms with Crippen molar-refractivity contribution < 1.29 is 17.9 Å². The van der Waals surface area contributed by atoms with Gasteiger partial charge in [0.05, 0.1) is 18.2 Å². The van der Waals surface area contributed by atoms with Gasteiger partial charge in [-0.1, -0.05) is 0 Å². The lowest BCUT2D eigenvalue weighted by molar-refractivity contribution is -0.137. The van der Waals surface area contributed by atoms with Gasteiger partial charge in [0.25, 0.3) is 0 Å². The summed E-state index contributed by atoms with van der Waals surface area (Å²) in [6, 6.07) is 5.60. The zero-order chi connectivity index (χ0) is 15.0. The molecule has 0 spiro atoms. The van der Waals surface area contributed by atoms with Crippen LogP contribution < -0.4 is 4.74 Å². The minimum Gasteiger partial charge on any atom is -0.481 e. The van der Waals surface area contributed by atoms with Crippen molar-refractivity contribution in [1.29, 1.82) is 0 Å². The fraction of sp³-hybridized carbons (Fsp3) is 0.154.